The molecule has 0 spiro atoms. The van der Waals surface area contributed by atoms with E-state index in [1.165, 1.54) is 11.0 Å². The second kappa shape index (κ2) is 8.07. The summed E-state index contributed by atoms with van der Waals surface area (Å²) in [7, 11) is 0. The summed E-state index contributed by atoms with van der Waals surface area (Å²) in [5.41, 5.74) is 2.76. The first kappa shape index (κ1) is 20.3. The number of thiocarbonyl (C=S) groups is 1. The molecule has 0 radical (unpaired) electrons. The number of hydrogen-bond donors (Lipinski definition) is 1. The summed E-state index contributed by atoms with van der Waals surface area (Å²) < 4.78 is 1.84. The van der Waals surface area contributed by atoms with E-state index in [9.17, 15) is 9.59 Å². The van der Waals surface area contributed by atoms with Crippen LogP contribution in [0.1, 0.15) is 11.3 Å². The molecule has 0 saturated carbocycles. The zero-order chi connectivity index (χ0) is 21.4. The average Bonchev–Trinajstić information content (AvgIpc) is 3.17. The Kier molecular flexibility index (Phi) is 5.47. The maximum atomic E-state index is 13.2. The highest BCUT2D eigenvalue weighted by Crippen LogP contribution is 2.29. The number of aryl methyl sites for hydroxylation is 1. The lowest BCUT2D eigenvalue weighted by atomic mass is 10.1. The Labute approximate surface area is 188 Å². The van der Waals surface area contributed by atoms with Gasteiger partial charge < -0.3 is 4.57 Å². The van der Waals surface area contributed by atoms with Crippen LogP contribution in [-0.4, -0.2) is 21.5 Å². The SMILES string of the molecule is Cc1ccc(-n2cccc2/C=C2\C(=O)NC(=S)N(c3ccccc3Cl)C2=O)cc1Cl. The number of hydrogen-bond acceptors (Lipinski definition) is 3. The number of aromatic nitrogens is 1. The van der Waals surface area contributed by atoms with Crippen LogP contribution in [0.4, 0.5) is 5.69 Å². The molecule has 30 heavy (non-hydrogen) atoms. The zero-order valence-corrected chi connectivity index (χ0v) is 18.1. The molecular formula is C22H15Cl2N3O2S. The number of carbonyl (C=O) groups is 2. The van der Waals surface area contributed by atoms with Gasteiger partial charge >= 0.3 is 0 Å². The molecule has 1 fully saturated rings. The largest absolute Gasteiger partial charge is 0.317 e. The Morgan fingerprint density at radius 1 is 1.00 bits per heavy atom. The second-order valence-electron chi connectivity index (χ2n) is 6.65. The molecular weight excluding hydrogens is 441 g/mol. The van der Waals surface area contributed by atoms with Gasteiger partial charge in [-0.3, -0.25) is 19.8 Å². The normalized spacial score (nSPS) is 15.6. The summed E-state index contributed by atoms with van der Waals surface area (Å²) in [4.78, 5) is 27.0. The highest BCUT2D eigenvalue weighted by atomic mass is 35.5. The molecule has 8 heteroatoms. The monoisotopic (exact) mass is 455 g/mol. The summed E-state index contributed by atoms with van der Waals surface area (Å²) in [6.45, 7) is 1.92. The first-order valence-electron chi connectivity index (χ1n) is 8.96. The van der Waals surface area contributed by atoms with Gasteiger partial charge in [-0.05, 0) is 67.2 Å². The molecule has 0 aliphatic carbocycles. The fourth-order valence-corrected chi connectivity index (χ4v) is 3.80. The zero-order valence-electron chi connectivity index (χ0n) is 15.7. The van der Waals surface area contributed by atoms with E-state index in [1.807, 2.05) is 42.0 Å². The molecule has 2 heterocycles. The smallest absolute Gasteiger partial charge is 0.270 e. The predicted octanol–water partition coefficient (Wildman–Crippen LogP) is 4.92. The molecule has 0 unspecified atom stereocenters. The lowest BCUT2D eigenvalue weighted by Crippen LogP contribution is -2.54. The van der Waals surface area contributed by atoms with Crippen molar-refractivity contribution in [1.29, 1.82) is 0 Å². The average molecular weight is 456 g/mol. The minimum absolute atomic E-state index is 0.0176. The Morgan fingerprint density at radius 3 is 2.50 bits per heavy atom. The van der Waals surface area contributed by atoms with E-state index in [1.54, 1.807) is 30.3 Å². The number of rotatable bonds is 3. The second-order valence-corrected chi connectivity index (χ2v) is 7.85. The molecule has 2 amide bonds. The topological polar surface area (TPSA) is 54.3 Å². The molecule has 4 rings (SSSR count). The molecule has 0 atom stereocenters. The van der Waals surface area contributed by atoms with E-state index < -0.39 is 11.8 Å². The van der Waals surface area contributed by atoms with Crippen LogP contribution in [0.25, 0.3) is 11.8 Å². The number of carbonyl (C=O) groups excluding carboxylic acids is 2. The quantitative estimate of drug-likeness (QED) is 0.346. The Morgan fingerprint density at radius 2 is 1.77 bits per heavy atom. The van der Waals surface area contributed by atoms with Crippen LogP contribution in [0.15, 0.2) is 66.4 Å². The molecule has 0 bridgehead atoms. The number of nitrogens with one attached hydrogen (secondary N) is 1. The number of anilines is 1. The van der Waals surface area contributed by atoms with Gasteiger partial charge in [-0.1, -0.05) is 41.4 Å². The highest BCUT2D eigenvalue weighted by molar-refractivity contribution is 7.80. The summed E-state index contributed by atoms with van der Waals surface area (Å²) in [5, 5.41) is 3.52. The number of halogens is 2. The number of amides is 2. The van der Waals surface area contributed by atoms with E-state index in [2.05, 4.69) is 5.32 Å². The van der Waals surface area contributed by atoms with Crippen LogP contribution in [0, 0.1) is 6.92 Å². The third-order valence-electron chi connectivity index (χ3n) is 4.70. The summed E-state index contributed by atoms with van der Waals surface area (Å²) >= 11 is 17.7. The summed E-state index contributed by atoms with van der Waals surface area (Å²) in [6.07, 6.45) is 3.35. The number of benzene rings is 2. The van der Waals surface area contributed by atoms with Gasteiger partial charge in [0.1, 0.15) is 5.57 Å². The van der Waals surface area contributed by atoms with Crippen LogP contribution in [0.5, 0.6) is 0 Å². The molecule has 1 aliphatic rings. The van der Waals surface area contributed by atoms with Crippen LogP contribution >= 0.6 is 35.4 Å². The maximum Gasteiger partial charge on any atom is 0.270 e. The van der Waals surface area contributed by atoms with Crippen molar-refractivity contribution < 1.29 is 9.59 Å². The van der Waals surface area contributed by atoms with Gasteiger partial charge in [0.25, 0.3) is 11.8 Å². The van der Waals surface area contributed by atoms with Gasteiger partial charge in [-0.15, -0.1) is 0 Å². The third kappa shape index (κ3) is 3.65. The van der Waals surface area contributed by atoms with Crippen molar-refractivity contribution in [1.82, 2.24) is 9.88 Å². The highest BCUT2D eigenvalue weighted by Gasteiger charge is 2.35. The molecule has 150 valence electrons. The predicted molar refractivity (Wildman–Crippen MR) is 123 cm³/mol. The Balaban J connectivity index is 1.77. The molecule has 3 aromatic rings. The van der Waals surface area contributed by atoms with Crippen molar-refractivity contribution in [2.24, 2.45) is 0 Å². The van der Waals surface area contributed by atoms with E-state index in [4.69, 9.17) is 35.4 Å². The summed E-state index contributed by atoms with van der Waals surface area (Å²) in [6, 6.07) is 16.1. The van der Waals surface area contributed by atoms with Gasteiger partial charge in [0.2, 0.25) is 0 Å². The minimum Gasteiger partial charge on any atom is -0.317 e. The standard InChI is InChI=1S/C22H15Cl2N3O2S/c1-13-8-9-15(12-18(13)24)26-10-4-5-14(26)11-16-20(28)25-22(30)27(21(16)29)19-7-3-2-6-17(19)23/h2-12H,1H3,(H,25,28,30)/b16-11+. The van der Waals surface area contributed by atoms with Gasteiger partial charge in [-0.25, -0.2) is 0 Å². The van der Waals surface area contributed by atoms with Crippen molar-refractivity contribution in [3.63, 3.8) is 0 Å². The number of nitrogens with zero attached hydrogens (tertiary/aromatic N) is 2. The van der Waals surface area contributed by atoms with Crippen molar-refractivity contribution in [2.45, 2.75) is 6.92 Å². The third-order valence-corrected chi connectivity index (χ3v) is 5.71. The van der Waals surface area contributed by atoms with Crippen molar-refractivity contribution >= 4 is 64.1 Å². The Hall–Kier alpha value is -2.93. The van der Waals surface area contributed by atoms with Gasteiger partial charge in [0, 0.05) is 22.6 Å². The van der Waals surface area contributed by atoms with Crippen LogP contribution in [0.2, 0.25) is 10.0 Å². The maximum absolute atomic E-state index is 13.2. The lowest BCUT2D eigenvalue weighted by Gasteiger charge is -2.29. The van der Waals surface area contributed by atoms with E-state index in [-0.39, 0.29) is 10.7 Å². The van der Waals surface area contributed by atoms with Crippen LogP contribution < -0.4 is 10.2 Å². The van der Waals surface area contributed by atoms with Gasteiger partial charge in [0.15, 0.2) is 5.11 Å². The first-order chi connectivity index (χ1) is 14.4. The fraction of sp³-hybridized carbons (Fsp3) is 0.0455. The molecule has 1 saturated heterocycles. The van der Waals surface area contributed by atoms with Crippen molar-refractivity contribution in [2.75, 3.05) is 4.90 Å². The van der Waals surface area contributed by atoms with Gasteiger partial charge in [0.05, 0.1) is 10.7 Å². The molecule has 1 aliphatic heterocycles. The number of para-hydroxylation sites is 1. The van der Waals surface area contributed by atoms with Crippen molar-refractivity contribution in [3.8, 4) is 5.69 Å². The molecule has 1 N–H and O–H groups in total. The van der Waals surface area contributed by atoms with E-state index in [0.717, 1.165) is 11.3 Å². The van der Waals surface area contributed by atoms with Crippen molar-refractivity contribution in [3.05, 3.63) is 87.7 Å². The fourth-order valence-electron chi connectivity index (χ4n) is 3.14. The lowest BCUT2D eigenvalue weighted by molar-refractivity contribution is -0.122. The van der Waals surface area contributed by atoms with Crippen LogP contribution in [0.3, 0.4) is 0 Å². The van der Waals surface area contributed by atoms with E-state index >= 15 is 0 Å². The minimum atomic E-state index is -0.567. The van der Waals surface area contributed by atoms with Gasteiger partial charge in [-0.2, -0.15) is 0 Å². The Bertz CT molecular complexity index is 1230. The first-order valence-corrected chi connectivity index (χ1v) is 10.1. The van der Waals surface area contributed by atoms with Crippen LogP contribution in [-0.2, 0) is 9.59 Å². The molecule has 5 nitrogen and oxygen atoms in total. The summed E-state index contributed by atoms with van der Waals surface area (Å²) in [5.74, 6) is -1.12. The van der Waals surface area contributed by atoms with E-state index in [0.29, 0.717) is 21.4 Å². The molecule has 2 aromatic carbocycles. The molecule has 1 aromatic heterocycles.